The average molecular weight is 519 g/mol. The lowest BCUT2D eigenvalue weighted by atomic mass is 9.85. The third-order valence-electron chi connectivity index (χ3n) is 6.37. The summed E-state index contributed by atoms with van der Waals surface area (Å²) in [5.74, 6) is -0.488. The molecule has 2 N–H and O–H groups in total. The lowest BCUT2D eigenvalue weighted by molar-refractivity contribution is -0.132. The van der Waals surface area contributed by atoms with Gasteiger partial charge in [0.1, 0.15) is 5.54 Å². The van der Waals surface area contributed by atoms with Crippen LogP contribution in [0.2, 0.25) is 10.0 Å². The SMILES string of the molecule is CC(C)=C/C=C\C=C(/C)C1(CCC(=O)N2CCN(c3cc(Cl)cc(Cl)c3)[C@@H](C)C2)NC(=O)NC1=O. The van der Waals surface area contributed by atoms with Crippen LogP contribution in [0.1, 0.15) is 40.5 Å². The van der Waals surface area contributed by atoms with E-state index < -0.39 is 17.5 Å². The van der Waals surface area contributed by atoms with Crippen LogP contribution in [0.3, 0.4) is 0 Å². The fourth-order valence-electron chi connectivity index (χ4n) is 4.46. The monoisotopic (exact) mass is 518 g/mol. The van der Waals surface area contributed by atoms with E-state index in [1.54, 1.807) is 19.1 Å². The number of piperazine rings is 1. The maximum Gasteiger partial charge on any atom is 0.322 e. The minimum absolute atomic E-state index is 0.0539. The second-order valence-electron chi connectivity index (χ2n) is 9.30. The van der Waals surface area contributed by atoms with E-state index in [2.05, 4.69) is 15.5 Å². The third-order valence-corrected chi connectivity index (χ3v) is 6.81. The highest BCUT2D eigenvalue weighted by atomic mass is 35.5. The van der Waals surface area contributed by atoms with Crippen LogP contribution in [-0.4, -0.2) is 54.0 Å². The number of benzene rings is 1. The molecule has 7 nitrogen and oxygen atoms in total. The summed E-state index contributed by atoms with van der Waals surface area (Å²) in [6.45, 7) is 9.53. The van der Waals surface area contributed by atoms with E-state index in [1.807, 2.05) is 56.0 Å². The molecule has 1 aromatic carbocycles. The number of amides is 4. The zero-order valence-electron chi connectivity index (χ0n) is 20.5. The van der Waals surface area contributed by atoms with Crippen LogP contribution in [0.15, 0.2) is 53.6 Å². The van der Waals surface area contributed by atoms with Crippen molar-refractivity contribution in [2.24, 2.45) is 0 Å². The molecule has 9 heteroatoms. The maximum atomic E-state index is 13.1. The van der Waals surface area contributed by atoms with Gasteiger partial charge in [-0.15, -0.1) is 0 Å². The second-order valence-corrected chi connectivity index (χ2v) is 10.2. The molecule has 0 spiro atoms. The highest BCUT2D eigenvalue weighted by molar-refractivity contribution is 6.35. The van der Waals surface area contributed by atoms with Gasteiger partial charge in [0, 0.05) is 47.8 Å². The number of nitrogens with zero attached hydrogens (tertiary/aromatic N) is 2. The van der Waals surface area contributed by atoms with Gasteiger partial charge in [-0.1, -0.05) is 53.1 Å². The third kappa shape index (κ3) is 6.47. The van der Waals surface area contributed by atoms with Crippen molar-refractivity contribution in [2.45, 2.75) is 52.1 Å². The molecule has 4 amide bonds. The van der Waals surface area contributed by atoms with E-state index in [4.69, 9.17) is 23.2 Å². The predicted molar refractivity (Wildman–Crippen MR) is 141 cm³/mol. The van der Waals surface area contributed by atoms with Crippen molar-refractivity contribution in [2.75, 3.05) is 24.5 Å². The van der Waals surface area contributed by atoms with E-state index in [9.17, 15) is 14.4 Å². The summed E-state index contributed by atoms with van der Waals surface area (Å²) < 4.78 is 0. The number of halogens is 2. The van der Waals surface area contributed by atoms with Gasteiger partial charge in [-0.2, -0.15) is 0 Å². The average Bonchev–Trinajstić information content (AvgIpc) is 3.07. The van der Waals surface area contributed by atoms with E-state index >= 15 is 0 Å². The molecule has 0 aromatic heterocycles. The maximum absolute atomic E-state index is 13.1. The van der Waals surface area contributed by atoms with Crippen molar-refractivity contribution >= 4 is 46.7 Å². The molecule has 2 saturated heterocycles. The first-order valence-electron chi connectivity index (χ1n) is 11.6. The van der Waals surface area contributed by atoms with Crippen LogP contribution in [0, 0.1) is 0 Å². The van der Waals surface area contributed by atoms with Crippen molar-refractivity contribution in [3.8, 4) is 0 Å². The van der Waals surface area contributed by atoms with E-state index in [-0.39, 0.29) is 24.8 Å². The number of allylic oxidation sites excluding steroid dienone is 5. The first-order chi connectivity index (χ1) is 16.5. The zero-order valence-corrected chi connectivity index (χ0v) is 22.0. The lowest BCUT2D eigenvalue weighted by Gasteiger charge is -2.41. The van der Waals surface area contributed by atoms with Crippen LogP contribution in [-0.2, 0) is 9.59 Å². The molecule has 35 heavy (non-hydrogen) atoms. The number of hydrogen-bond donors (Lipinski definition) is 2. The van der Waals surface area contributed by atoms with Crippen LogP contribution in [0.25, 0.3) is 0 Å². The van der Waals surface area contributed by atoms with Crippen molar-refractivity contribution < 1.29 is 14.4 Å². The topological polar surface area (TPSA) is 81.8 Å². The van der Waals surface area contributed by atoms with Gasteiger partial charge in [-0.3, -0.25) is 14.9 Å². The minimum Gasteiger partial charge on any atom is -0.365 e. The Labute approximate surface area is 216 Å². The van der Waals surface area contributed by atoms with Crippen molar-refractivity contribution in [1.82, 2.24) is 15.5 Å². The Morgan fingerprint density at radius 2 is 1.74 bits per heavy atom. The number of carbonyl (C=O) groups excluding carboxylic acids is 3. The number of carbonyl (C=O) groups is 3. The molecule has 1 aromatic rings. The van der Waals surface area contributed by atoms with Gasteiger partial charge in [0.25, 0.3) is 5.91 Å². The van der Waals surface area contributed by atoms with Crippen LogP contribution < -0.4 is 15.5 Å². The molecular formula is C26H32Cl2N4O3. The molecule has 2 aliphatic heterocycles. The summed E-state index contributed by atoms with van der Waals surface area (Å²) in [5, 5.41) is 6.21. The predicted octanol–water partition coefficient (Wildman–Crippen LogP) is 4.86. The van der Waals surface area contributed by atoms with E-state index in [1.165, 1.54) is 0 Å². The summed E-state index contributed by atoms with van der Waals surface area (Å²) >= 11 is 12.3. The number of anilines is 1. The van der Waals surface area contributed by atoms with Crippen LogP contribution >= 0.6 is 23.2 Å². The minimum atomic E-state index is -1.24. The first-order valence-corrected chi connectivity index (χ1v) is 12.4. The van der Waals surface area contributed by atoms with Gasteiger partial charge < -0.3 is 15.1 Å². The molecule has 2 atom stereocenters. The Balaban J connectivity index is 1.67. The number of hydrogen-bond acceptors (Lipinski definition) is 4. The molecule has 0 bridgehead atoms. The number of urea groups is 1. The van der Waals surface area contributed by atoms with Gasteiger partial charge >= 0.3 is 6.03 Å². The van der Waals surface area contributed by atoms with Gasteiger partial charge in [-0.25, -0.2) is 4.79 Å². The molecule has 2 heterocycles. The molecule has 1 unspecified atom stereocenters. The Morgan fingerprint density at radius 1 is 1.09 bits per heavy atom. The molecule has 0 saturated carbocycles. The lowest BCUT2D eigenvalue weighted by Crippen LogP contribution is -2.54. The van der Waals surface area contributed by atoms with Gasteiger partial charge in [0.05, 0.1) is 0 Å². The van der Waals surface area contributed by atoms with E-state index in [0.717, 1.165) is 11.3 Å². The number of rotatable bonds is 7. The summed E-state index contributed by atoms with van der Waals surface area (Å²) in [6, 6.07) is 4.94. The molecule has 0 aliphatic carbocycles. The first kappa shape index (κ1) is 26.8. The quantitative estimate of drug-likeness (QED) is 0.399. The zero-order chi connectivity index (χ0) is 25.8. The number of nitrogens with one attached hydrogen (secondary N) is 2. The molecule has 3 rings (SSSR count). The summed E-state index contributed by atoms with van der Waals surface area (Å²) in [6.07, 6.45) is 7.76. The van der Waals surface area contributed by atoms with Crippen molar-refractivity contribution in [3.63, 3.8) is 0 Å². The van der Waals surface area contributed by atoms with Gasteiger partial charge in [0.2, 0.25) is 5.91 Å². The van der Waals surface area contributed by atoms with Crippen molar-refractivity contribution in [1.29, 1.82) is 0 Å². The highest BCUT2D eigenvalue weighted by Crippen LogP contribution is 2.30. The number of imide groups is 1. The summed E-state index contributed by atoms with van der Waals surface area (Å²) in [7, 11) is 0. The summed E-state index contributed by atoms with van der Waals surface area (Å²) in [5.41, 5.74) is 1.50. The van der Waals surface area contributed by atoms with Crippen LogP contribution in [0.4, 0.5) is 10.5 Å². The standard InChI is InChI=1S/C26H32Cl2N4O3/c1-17(2)7-5-6-8-18(3)26(24(34)29-25(35)30-26)10-9-23(33)31-11-12-32(19(4)16-31)22-14-20(27)13-21(28)15-22/h5-8,13-15,19H,9-12,16H2,1-4H3,(H2,29,30,34,35)/b6-5-,18-8+/t19-,26?/m0/s1. The molecular weight excluding hydrogens is 487 g/mol. The molecule has 2 aliphatic rings. The Kier molecular flexibility index (Phi) is 8.67. The fourth-order valence-corrected chi connectivity index (χ4v) is 4.97. The largest absolute Gasteiger partial charge is 0.365 e. The highest BCUT2D eigenvalue weighted by Gasteiger charge is 2.47. The van der Waals surface area contributed by atoms with Crippen LogP contribution in [0.5, 0.6) is 0 Å². The molecule has 188 valence electrons. The Morgan fingerprint density at radius 3 is 2.31 bits per heavy atom. The van der Waals surface area contributed by atoms with Gasteiger partial charge in [-0.05, 0) is 57.9 Å². The normalized spacial score (nSPS) is 22.9. The smallest absolute Gasteiger partial charge is 0.322 e. The second kappa shape index (κ2) is 11.3. The van der Waals surface area contributed by atoms with Crippen molar-refractivity contribution in [3.05, 3.63) is 63.7 Å². The molecule has 2 fully saturated rings. The fraction of sp³-hybridized carbons (Fsp3) is 0.423. The van der Waals surface area contributed by atoms with E-state index in [0.29, 0.717) is 35.3 Å². The Hall–Kier alpha value is -2.77. The molecule has 0 radical (unpaired) electrons. The summed E-state index contributed by atoms with van der Waals surface area (Å²) in [4.78, 5) is 41.9. The Bertz CT molecular complexity index is 1070. The van der Waals surface area contributed by atoms with Gasteiger partial charge in [0.15, 0.2) is 0 Å².